The maximum Gasteiger partial charge on any atom is 0.388 e. The summed E-state index contributed by atoms with van der Waals surface area (Å²) in [5.74, 6) is -0.840. The van der Waals surface area contributed by atoms with E-state index >= 15 is 0 Å². The summed E-state index contributed by atoms with van der Waals surface area (Å²) < 4.78 is 39.8. The molecule has 0 N–H and O–H groups in total. The Bertz CT molecular complexity index is 281. The fraction of sp³-hybridized carbons (Fsp3) is 0.167. The van der Waals surface area contributed by atoms with Gasteiger partial charge in [0.1, 0.15) is 0 Å². The normalized spacial score (nSPS) is 10.4. The van der Waals surface area contributed by atoms with Crippen molar-refractivity contribution in [2.45, 2.75) is 6.61 Å². The first kappa shape index (κ1) is 9.56. The predicted molar refractivity (Wildman–Crippen MR) is 43.5 cm³/mol. The highest BCUT2D eigenvalue weighted by atomic mass is 127. The van der Waals surface area contributed by atoms with Crippen molar-refractivity contribution in [3.63, 3.8) is 0 Å². The van der Waals surface area contributed by atoms with Crippen LogP contribution in [-0.2, 0) is 0 Å². The van der Waals surface area contributed by atoms with Crippen LogP contribution in [0.3, 0.4) is 0 Å². The molecule has 0 spiro atoms. The van der Waals surface area contributed by atoms with Crippen LogP contribution in [-0.4, -0.2) is 11.6 Å². The van der Waals surface area contributed by atoms with Crippen LogP contribution >= 0.6 is 22.6 Å². The van der Waals surface area contributed by atoms with Crippen molar-refractivity contribution in [2.75, 3.05) is 0 Å². The molecule has 6 heteroatoms. The van der Waals surface area contributed by atoms with Crippen molar-refractivity contribution >= 4 is 22.6 Å². The molecule has 0 bridgehead atoms. The zero-order chi connectivity index (χ0) is 9.14. The summed E-state index contributed by atoms with van der Waals surface area (Å²) in [6.45, 7) is -2.93. The van der Waals surface area contributed by atoms with Gasteiger partial charge in [0.05, 0.1) is 9.77 Å². The molecule has 1 rings (SSSR count). The highest BCUT2D eigenvalue weighted by Gasteiger charge is 2.07. The first-order valence-electron chi connectivity index (χ1n) is 2.85. The Morgan fingerprint density at radius 3 is 2.67 bits per heavy atom. The number of hydrogen-bond donors (Lipinski definition) is 0. The van der Waals surface area contributed by atoms with Gasteiger partial charge in [0.2, 0.25) is 5.88 Å². The van der Waals surface area contributed by atoms with E-state index in [0.29, 0.717) is 0 Å². The lowest BCUT2D eigenvalue weighted by Crippen LogP contribution is -2.04. The molecule has 0 unspecified atom stereocenters. The van der Waals surface area contributed by atoms with E-state index in [1.165, 1.54) is 0 Å². The molecule has 0 aromatic carbocycles. The average Bonchev–Trinajstić information content (AvgIpc) is 1.96. The van der Waals surface area contributed by atoms with Crippen molar-refractivity contribution in [3.8, 4) is 5.88 Å². The lowest BCUT2D eigenvalue weighted by atomic mass is 10.5. The molecule has 0 radical (unpaired) electrons. The minimum atomic E-state index is -2.93. The molecule has 1 heterocycles. The molecule has 0 atom stereocenters. The minimum absolute atomic E-state index is 0.193. The second-order valence-corrected chi connectivity index (χ2v) is 2.98. The first-order chi connectivity index (χ1) is 5.59. The molecule has 0 fully saturated rings. The van der Waals surface area contributed by atoms with E-state index < -0.39 is 12.4 Å². The number of halogens is 4. The van der Waals surface area contributed by atoms with Crippen LogP contribution < -0.4 is 4.74 Å². The molecule has 0 aliphatic carbocycles. The zero-order valence-corrected chi connectivity index (χ0v) is 7.76. The standard InChI is InChI=1S/C6H3F3INO/c7-3-2-11-5(1-4(3)10)12-6(8)9/h1-2,6H. The summed E-state index contributed by atoms with van der Waals surface area (Å²) in [5.41, 5.74) is 0. The van der Waals surface area contributed by atoms with Crippen LogP contribution in [0.4, 0.5) is 13.2 Å². The largest absolute Gasteiger partial charge is 0.417 e. The molecule has 0 saturated heterocycles. The zero-order valence-electron chi connectivity index (χ0n) is 5.60. The number of aromatic nitrogens is 1. The van der Waals surface area contributed by atoms with Crippen molar-refractivity contribution in [3.05, 3.63) is 21.7 Å². The lowest BCUT2D eigenvalue weighted by Gasteiger charge is -2.02. The molecule has 66 valence electrons. The smallest absolute Gasteiger partial charge is 0.388 e. The molecule has 0 aliphatic heterocycles. The summed E-state index contributed by atoms with van der Waals surface area (Å²) in [6.07, 6.45) is 0.833. The van der Waals surface area contributed by atoms with Crippen LogP contribution in [0.5, 0.6) is 5.88 Å². The maximum absolute atomic E-state index is 12.5. The van der Waals surface area contributed by atoms with Gasteiger partial charge in [-0.3, -0.25) is 0 Å². The van der Waals surface area contributed by atoms with Crippen LogP contribution in [0.2, 0.25) is 0 Å². The SMILES string of the molecule is Fc1cnc(OC(F)F)cc1I. The summed E-state index contributed by atoms with van der Waals surface area (Å²) in [7, 11) is 0. The number of rotatable bonds is 2. The van der Waals surface area contributed by atoms with Crippen molar-refractivity contribution in [1.82, 2.24) is 4.98 Å². The summed E-state index contributed by atoms with van der Waals surface area (Å²) in [4.78, 5) is 3.30. The number of nitrogens with zero attached hydrogens (tertiary/aromatic N) is 1. The molecule has 0 amide bonds. The highest BCUT2D eigenvalue weighted by molar-refractivity contribution is 14.1. The number of hydrogen-bond acceptors (Lipinski definition) is 2. The Morgan fingerprint density at radius 2 is 2.17 bits per heavy atom. The van der Waals surface area contributed by atoms with Crippen LogP contribution in [0, 0.1) is 9.39 Å². The topological polar surface area (TPSA) is 22.1 Å². The summed E-state index contributed by atoms with van der Waals surface area (Å²) in [5, 5.41) is 0. The molecule has 2 nitrogen and oxygen atoms in total. The van der Waals surface area contributed by atoms with Gasteiger partial charge >= 0.3 is 6.61 Å². The Kier molecular flexibility index (Phi) is 3.12. The molecule has 1 aromatic rings. The van der Waals surface area contributed by atoms with E-state index in [2.05, 4.69) is 9.72 Å². The van der Waals surface area contributed by atoms with Gasteiger partial charge in [-0.2, -0.15) is 8.78 Å². The fourth-order valence-electron chi connectivity index (χ4n) is 0.552. The fourth-order valence-corrected chi connectivity index (χ4v) is 0.958. The molecule has 12 heavy (non-hydrogen) atoms. The number of ether oxygens (including phenoxy) is 1. The lowest BCUT2D eigenvalue weighted by molar-refractivity contribution is -0.0529. The third-order valence-electron chi connectivity index (χ3n) is 0.993. The number of alkyl halides is 2. The third kappa shape index (κ3) is 2.50. The van der Waals surface area contributed by atoms with Gasteiger partial charge in [0, 0.05) is 6.07 Å². The van der Waals surface area contributed by atoms with E-state index in [-0.39, 0.29) is 9.45 Å². The van der Waals surface area contributed by atoms with Crippen LogP contribution in [0.25, 0.3) is 0 Å². The number of pyridine rings is 1. The second kappa shape index (κ2) is 3.92. The molecule has 0 saturated carbocycles. The van der Waals surface area contributed by atoms with Crippen LogP contribution in [0.15, 0.2) is 12.3 Å². The van der Waals surface area contributed by atoms with Crippen LogP contribution in [0.1, 0.15) is 0 Å². The Balaban J connectivity index is 2.82. The van der Waals surface area contributed by atoms with E-state index in [1.54, 1.807) is 22.6 Å². The van der Waals surface area contributed by atoms with E-state index in [9.17, 15) is 13.2 Å². The predicted octanol–water partition coefficient (Wildman–Crippen LogP) is 2.43. The second-order valence-electron chi connectivity index (χ2n) is 1.82. The van der Waals surface area contributed by atoms with Crippen molar-refractivity contribution in [1.29, 1.82) is 0 Å². The minimum Gasteiger partial charge on any atom is -0.417 e. The van der Waals surface area contributed by atoms with Gasteiger partial charge in [0.25, 0.3) is 0 Å². The van der Waals surface area contributed by atoms with E-state index in [4.69, 9.17) is 0 Å². The van der Waals surface area contributed by atoms with Gasteiger partial charge in [-0.15, -0.1) is 0 Å². The molecule has 1 aromatic heterocycles. The first-order valence-corrected chi connectivity index (χ1v) is 3.93. The van der Waals surface area contributed by atoms with E-state index in [1.807, 2.05) is 0 Å². The monoisotopic (exact) mass is 289 g/mol. The molecular weight excluding hydrogens is 286 g/mol. The van der Waals surface area contributed by atoms with Gasteiger partial charge in [-0.1, -0.05) is 0 Å². The van der Waals surface area contributed by atoms with Gasteiger partial charge in [0.15, 0.2) is 5.82 Å². The maximum atomic E-state index is 12.5. The Morgan fingerprint density at radius 1 is 1.50 bits per heavy atom. The third-order valence-corrected chi connectivity index (χ3v) is 1.82. The van der Waals surface area contributed by atoms with Crippen molar-refractivity contribution < 1.29 is 17.9 Å². The highest BCUT2D eigenvalue weighted by Crippen LogP contribution is 2.16. The van der Waals surface area contributed by atoms with Gasteiger partial charge in [-0.05, 0) is 22.6 Å². The Labute approximate surface area is 79.9 Å². The molecular formula is C6H3F3INO. The average molecular weight is 289 g/mol. The van der Waals surface area contributed by atoms with E-state index in [0.717, 1.165) is 12.3 Å². The Hall–Kier alpha value is -0.530. The summed E-state index contributed by atoms with van der Waals surface area (Å²) >= 11 is 1.66. The quantitative estimate of drug-likeness (QED) is 0.780. The molecule has 0 aliphatic rings. The van der Waals surface area contributed by atoms with Gasteiger partial charge in [-0.25, -0.2) is 9.37 Å². The van der Waals surface area contributed by atoms with Crippen molar-refractivity contribution in [2.24, 2.45) is 0 Å². The summed E-state index contributed by atoms with van der Waals surface area (Å²) in [6, 6.07) is 1.10. The van der Waals surface area contributed by atoms with Gasteiger partial charge < -0.3 is 4.74 Å².